The monoisotopic (exact) mass is 373 g/mol. The van der Waals surface area contributed by atoms with Crippen molar-refractivity contribution < 1.29 is 4.74 Å². The molecule has 0 fully saturated rings. The average Bonchev–Trinajstić information content (AvgIpc) is 2.37. The van der Waals surface area contributed by atoms with E-state index in [1.807, 2.05) is 43.3 Å². The molecule has 2 unspecified atom stereocenters. The minimum Gasteiger partial charge on any atom is -0.483 e. The molecular formula is C15H14BrCl2NO. The first-order valence-corrected chi connectivity index (χ1v) is 7.65. The first kappa shape index (κ1) is 15.6. The van der Waals surface area contributed by atoms with E-state index in [1.54, 1.807) is 6.07 Å². The lowest BCUT2D eigenvalue weighted by Gasteiger charge is -2.23. The fourth-order valence-corrected chi connectivity index (χ4v) is 2.79. The smallest absolute Gasteiger partial charge is 0.139 e. The number of hydrogen-bond donors (Lipinski definition) is 1. The van der Waals surface area contributed by atoms with Gasteiger partial charge in [-0.2, -0.15) is 0 Å². The topological polar surface area (TPSA) is 35.2 Å². The van der Waals surface area contributed by atoms with E-state index in [0.29, 0.717) is 15.8 Å². The molecule has 0 aromatic heterocycles. The molecule has 106 valence electrons. The van der Waals surface area contributed by atoms with Crippen LogP contribution < -0.4 is 10.5 Å². The molecule has 0 radical (unpaired) electrons. The Morgan fingerprint density at radius 1 is 1.15 bits per heavy atom. The minimum absolute atomic E-state index is 0.201. The lowest BCUT2D eigenvalue weighted by Crippen LogP contribution is -2.29. The van der Waals surface area contributed by atoms with Crippen LogP contribution in [0.4, 0.5) is 0 Å². The number of benzene rings is 2. The Hall–Kier alpha value is -0.740. The summed E-state index contributed by atoms with van der Waals surface area (Å²) < 4.78 is 6.86. The van der Waals surface area contributed by atoms with Crippen molar-refractivity contribution in [3.05, 3.63) is 62.5 Å². The second-order valence-corrected chi connectivity index (χ2v) is 6.29. The van der Waals surface area contributed by atoms with E-state index in [9.17, 15) is 0 Å². The molecule has 0 spiro atoms. The molecule has 0 bridgehead atoms. The van der Waals surface area contributed by atoms with Gasteiger partial charge in [-0.25, -0.2) is 0 Å². The van der Waals surface area contributed by atoms with Crippen molar-refractivity contribution in [2.24, 2.45) is 5.73 Å². The lowest BCUT2D eigenvalue weighted by atomic mass is 10.0. The molecule has 0 heterocycles. The van der Waals surface area contributed by atoms with Gasteiger partial charge < -0.3 is 10.5 Å². The molecule has 2 aromatic carbocycles. The second kappa shape index (κ2) is 6.81. The highest BCUT2D eigenvalue weighted by Gasteiger charge is 2.19. The summed E-state index contributed by atoms with van der Waals surface area (Å²) in [5, 5.41) is 1.19. The number of hydrogen-bond acceptors (Lipinski definition) is 2. The fraction of sp³-hybridized carbons (Fsp3) is 0.200. The van der Waals surface area contributed by atoms with Gasteiger partial charge in [0.15, 0.2) is 0 Å². The largest absolute Gasteiger partial charge is 0.483 e. The summed E-state index contributed by atoms with van der Waals surface area (Å²) in [6.45, 7) is 1.89. The molecule has 20 heavy (non-hydrogen) atoms. The summed E-state index contributed by atoms with van der Waals surface area (Å²) in [6.07, 6.45) is -0.313. The van der Waals surface area contributed by atoms with Crippen LogP contribution in [0.15, 0.2) is 46.9 Å². The van der Waals surface area contributed by atoms with Gasteiger partial charge in [0.25, 0.3) is 0 Å². The van der Waals surface area contributed by atoms with Crippen LogP contribution in [0, 0.1) is 0 Å². The second-order valence-electron chi connectivity index (χ2n) is 4.53. The van der Waals surface area contributed by atoms with Crippen molar-refractivity contribution in [3.8, 4) is 5.75 Å². The summed E-state index contributed by atoms with van der Waals surface area (Å²) in [7, 11) is 0. The van der Waals surface area contributed by atoms with E-state index >= 15 is 0 Å². The zero-order valence-corrected chi connectivity index (χ0v) is 13.9. The van der Waals surface area contributed by atoms with Crippen LogP contribution in [-0.4, -0.2) is 6.04 Å². The highest BCUT2D eigenvalue weighted by Crippen LogP contribution is 2.32. The van der Waals surface area contributed by atoms with Crippen molar-refractivity contribution >= 4 is 39.1 Å². The van der Waals surface area contributed by atoms with Crippen LogP contribution in [0.2, 0.25) is 10.0 Å². The van der Waals surface area contributed by atoms with Crippen LogP contribution in [0.5, 0.6) is 5.75 Å². The standard InChI is InChI=1S/C15H14BrCl2NO/c1-9(19)15(10-3-2-4-12(17)7-10)20-14-6-5-11(16)8-13(14)18/h2-9,15H,19H2,1H3. The highest BCUT2D eigenvalue weighted by molar-refractivity contribution is 9.10. The number of halogens is 3. The molecule has 2 N–H and O–H groups in total. The molecule has 5 heteroatoms. The van der Waals surface area contributed by atoms with Crippen molar-refractivity contribution in [2.45, 2.75) is 19.1 Å². The quantitative estimate of drug-likeness (QED) is 0.795. The Bertz CT molecular complexity index is 604. The van der Waals surface area contributed by atoms with Gasteiger partial charge in [0.2, 0.25) is 0 Å². The number of nitrogens with two attached hydrogens (primary N) is 1. The molecular weight excluding hydrogens is 361 g/mol. The van der Waals surface area contributed by atoms with Crippen molar-refractivity contribution in [1.29, 1.82) is 0 Å². The maximum absolute atomic E-state index is 6.18. The number of rotatable bonds is 4. The Kier molecular flexibility index (Phi) is 5.33. The van der Waals surface area contributed by atoms with E-state index in [0.717, 1.165) is 10.0 Å². The maximum atomic E-state index is 6.18. The highest BCUT2D eigenvalue weighted by atomic mass is 79.9. The van der Waals surface area contributed by atoms with Crippen LogP contribution in [0.1, 0.15) is 18.6 Å². The van der Waals surface area contributed by atoms with Gasteiger partial charge in [0, 0.05) is 15.5 Å². The van der Waals surface area contributed by atoms with Crippen LogP contribution in [-0.2, 0) is 0 Å². The first-order valence-electron chi connectivity index (χ1n) is 6.10. The SMILES string of the molecule is CC(N)C(Oc1ccc(Br)cc1Cl)c1cccc(Cl)c1. The van der Waals surface area contributed by atoms with E-state index in [-0.39, 0.29) is 12.1 Å². The maximum Gasteiger partial charge on any atom is 0.139 e. The van der Waals surface area contributed by atoms with Gasteiger partial charge in [-0.05, 0) is 42.8 Å². The molecule has 0 amide bonds. The van der Waals surface area contributed by atoms with Gasteiger partial charge in [0.05, 0.1) is 5.02 Å². The molecule has 2 rings (SSSR count). The molecule has 0 saturated carbocycles. The van der Waals surface area contributed by atoms with Crippen molar-refractivity contribution in [3.63, 3.8) is 0 Å². The van der Waals surface area contributed by atoms with Crippen LogP contribution in [0.3, 0.4) is 0 Å². The van der Waals surface area contributed by atoms with E-state index < -0.39 is 0 Å². The molecule has 0 aliphatic rings. The third-order valence-electron chi connectivity index (χ3n) is 2.80. The Balaban J connectivity index is 2.30. The molecule has 2 nitrogen and oxygen atoms in total. The Morgan fingerprint density at radius 3 is 2.50 bits per heavy atom. The summed E-state index contributed by atoms with van der Waals surface area (Å²) in [5.74, 6) is 0.595. The first-order chi connectivity index (χ1) is 9.47. The minimum atomic E-state index is -0.313. The third-order valence-corrected chi connectivity index (χ3v) is 3.83. The van der Waals surface area contributed by atoms with Gasteiger partial charge in [0.1, 0.15) is 11.9 Å². The van der Waals surface area contributed by atoms with E-state index in [2.05, 4.69) is 15.9 Å². The van der Waals surface area contributed by atoms with Crippen LogP contribution in [0.25, 0.3) is 0 Å². The molecule has 0 aliphatic heterocycles. The van der Waals surface area contributed by atoms with Crippen molar-refractivity contribution in [2.75, 3.05) is 0 Å². The lowest BCUT2D eigenvalue weighted by molar-refractivity contribution is 0.180. The normalized spacial score (nSPS) is 13.8. The van der Waals surface area contributed by atoms with E-state index in [1.165, 1.54) is 0 Å². The summed E-state index contributed by atoms with van der Waals surface area (Å²) in [6, 6.07) is 12.7. The van der Waals surface area contributed by atoms with Gasteiger partial charge in [-0.1, -0.05) is 51.3 Å². The van der Waals surface area contributed by atoms with Gasteiger partial charge in [-0.3, -0.25) is 0 Å². The summed E-state index contributed by atoms with van der Waals surface area (Å²) in [5.41, 5.74) is 6.95. The third kappa shape index (κ3) is 3.89. The van der Waals surface area contributed by atoms with E-state index in [4.69, 9.17) is 33.7 Å². The Morgan fingerprint density at radius 2 is 1.90 bits per heavy atom. The summed E-state index contributed by atoms with van der Waals surface area (Å²) >= 11 is 15.6. The zero-order valence-electron chi connectivity index (χ0n) is 10.8. The predicted molar refractivity (Wildman–Crippen MR) is 87.6 cm³/mol. The van der Waals surface area contributed by atoms with Gasteiger partial charge >= 0.3 is 0 Å². The predicted octanol–water partition coefficient (Wildman–Crippen LogP) is 5.22. The van der Waals surface area contributed by atoms with Crippen LogP contribution >= 0.6 is 39.1 Å². The fourth-order valence-electron chi connectivity index (χ4n) is 1.87. The van der Waals surface area contributed by atoms with Gasteiger partial charge in [-0.15, -0.1) is 0 Å². The van der Waals surface area contributed by atoms with Crippen molar-refractivity contribution in [1.82, 2.24) is 0 Å². The molecule has 2 atom stereocenters. The summed E-state index contributed by atoms with van der Waals surface area (Å²) in [4.78, 5) is 0. The molecule has 2 aromatic rings. The number of ether oxygens (including phenoxy) is 1. The Labute approximate surface area is 137 Å². The molecule has 0 aliphatic carbocycles. The zero-order chi connectivity index (χ0) is 14.7. The molecule has 0 saturated heterocycles. The average molecular weight is 375 g/mol.